The van der Waals surface area contributed by atoms with Crippen molar-refractivity contribution in [3.8, 4) is 6.07 Å². The molecule has 0 aromatic carbocycles. The number of hydrogen-bond donors (Lipinski definition) is 1. The summed E-state index contributed by atoms with van der Waals surface area (Å²) in [7, 11) is 0. The summed E-state index contributed by atoms with van der Waals surface area (Å²) in [6.07, 6.45) is 7.55. The average Bonchev–Trinajstić information content (AvgIpc) is 2.31. The van der Waals surface area contributed by atoms with Gasteiger partial charge in [-0.3, -0.25) is 0 Å². The minimum Gasteiger partial charge on any atom is -0.336 e. The molecule has 0 aliphatic carbocycles. The molecule has 2 heterocycles. The van der Waals surface area contributed by atoms with Crippen LogP contribution in [0.4, 0.5) is 11.5 Å². The van der Waals surface area contributed by atoms with E-state index in [-0.39, 0.29) is 5.69 Å². The standard InChI is InChI=1S/C9H6N6/c10-1-7-4-14-9(5-13-7)15-8-2-11-6-12-3-8/h2-6H,(H,14,15). The van der Waals surface area contributed by atoms with Crippen LogP contribution >= 0.6 is 0 Å². The lowest BCUT2D eigenvalue weighted by Crippen LogP contribution is -1.96. The third kappa shape index (κ3) is 2.22. The summed E-state index contributed by atoms with van der Waals surface area (Å²) in [5.41, 5.74) is 1.00. The normalized spacial score (nSPS) is 9.27. The zero-order chi connectivity index (χ0) is 10.5. The van der Waals surface area contributed by atoms with Crippen LogP contribution in [0.2, 0.25) is 0 Å². The number of nitrogens with zero attached hydrogens (tertiary/aromatic N) is 5. The Bertz CT molecular complexity index is 472. The fourth-order valence-corrected chi connectivity index (χ4v) is 0.962. The summed E-state index contributed by atoms with van der Waals surface area (Å²) in [6.45, 7) is 0. The topological polar surface area (TPSA) is 87.4 Å². The molecular weight excluding hydrogens is 192 g/mol. The average molecular weight is 198 g/mol. The molecule has 2 rings (SSSR count). The third-order valence-electron chi connectivity index (χ3n) is 1.60. The number of anilines is 2. The van der Waals surface area contributed by atoms with Crippen LogP contribution in [0.5, 0.6) is 0 Å². The highest BCUT2D eigenvalue weighted by molar-refractivity contribution is 5.52. The van der Waals surface area contributed by atoms with Crippen LogP contribution in [0, 0.1) is 11.3 Å². The summed E-state index contributed by atoms with van der Waals surface area (Å²) < 4.78 is 0. The van der Waals surface area contributed by atoms with Gasteiger partial charge in [0.25, 0.3) is 0 Å². The second kappa shape index (κ2) is 4.11. The van der Waals surface area contributed by atoms with Gasteiger partial charge in [-0.25, -0.2) is 19.9 Å². The molecule has 0 aliphatic heterocycles. The molecule has 0 fully saturated rings. The van der Waals surface area contributed by atoms with E-state index < -0.39 is 0 Å². The molecule has 0 bridgehead atoms. The zero-order valence-electron chi connectivity index (χ0n) is 7.62. The smallest absolute Gasteiger partial charge is 0.158 e. The Labute approximate surface area is 85.7 Å². The quantitative estimate of drug-likeness (QED) is 0.770. The fraction of sp³-hybridized carbons (Fsp3) is 0. The van der Waals surface area contributed by atoms with Crippen LogP contribution in [0.15, 0.2) is 31.1 Å². The number of rotatable bonds is 2. The van der Waals surface area contributed by atoms with E-state index in [1.165, 1.54) is 18.7 Å². The molecule has 2 aromatic rings. The summed E-state index contributed by atoms with van der Waals surface area (Å²) >= 11 is 0. The Hall–Kier alpha value is -2.55. The van der Waals surface area contributed by atoms with Gasteiger partial charge < -0.3 is 5.32 Å². The van der Waals surface area contributed by atoms with Gasteiger partial charge in [0.15, 0.2) is 5.69 Å². The van der Waals surface area contributed by atoms with E-state index in [0.29, 0.717) is 5.82 Å². The lowest BCUT2D eigenvalue weighted by Gasteiger charge is -2.02. The summed E-state index contributed by atoms with van der Waals surface area (Å²) in [6, 6.07) is 1.89. The monoisotopic (exact) mass is 198 g/mol. The van der Waals surface area contributed by atoms with Crippen LogP contribution in [0.1, 0.15) is 5.69 Å². The molecule has 0 saturated carbocycles. The Morgan fingerprint density at radius 3 is 2.47 bits per heavy atom. The largest absolute Gasteiger partial charge is 0.336 e. The van der Waals surface area contributed by atoms with Gasteiger partial charge >= 0.3 is 0 Å². The van der Waals surface area contributed by atoms with Crippen molar-refractivity contribution in [2.45, 2.75) is 0 Å². The highest BCUT2D eigenvalue weighted by Gasteiger charge is 1.97. The maximum absolute atomic E-state index is 8.53. The van der Waals surface area contributed by atoms with Gasteiger partial charge in [0, 0.05) is 0 Å². The molecule has 0 atom stereocenters. The highest BCUT2D eigenvalue weighted by atomic mass is 15.0. The molecule has 6 heteroatoms. The summed E-state index contributed by atoms with van der Waals surface area (Å²) in [5, 5.41) is 11.5. The molecular formula is C9H6N6. The van der Waals surface area contributed by atoms with Crippen LogP contribution in [0.3, 0.4) is 0 Å². The molecule has 0 radical (unpaired) electrons. The number of nitrogens with one attached hydrogen (secondary N) is 1. The second-order valence-corrected chi connectivity index (χ2v) is 2.65. The van der Waals surface area contributed by atoms with Gasteiger partial charge in [0.05, 0.1) is 30.5 Å². The van der Waals surface area contributed by atoms with Crippen molar-refractivity contribution in [3.63, 3.8) is 0 Å². The molecule has 15 heavy (non-hydrogen) atoms. The van der Waals surface area contributed by atoms with Gasteiger partial charge in [0.2, 0.25) is 0 Å². The third-order valence-corrected chi connectivity index (χ3v) is 1.60. The van der Waals surface area contributed by atoms with Crippen molar-refractivity contribution in [2.75, 3.05) is 5.32 Å². The summed E-state index contributed by atoms with van der Waals surface area (Å²) in [5.74, 6) is 0.545. The van der Waals surface area contributed by atoms with E-state index in [9.17, 15) is 0 Å². The van der Waals surface area contributed by atoms with Gasteiger partial charge in [-0.05, 0) is 0 Å². The predicted octanol–water partition coefficient (Wildman–Crippen LogP) is 0.882. The van der Waals surface area contributed by atoms with Crippen molar-refractivity contribution >= 4 is 11.5 Å². The Balaban J connectivity index is 2.16. The zero-order valence-corrected chi connectivity index (χ0v) is 7.62. The first-order valence-corrected chi connectivity index (χ1v) is 4.12. The van der Waals surface area contributed by atoms with Gasteiger partial charge in [-0.2, -0.15) is 5.26 Å². The summed E-state index contributed by atoms with van der Waals surface area (Å²) in [4.78, 5) is 15.5. The predicted molar refractivity (Wildman–Crippen MR) is 52.1 cm³/mol. The Kier molecular flexibility index (Phi) is 2.47. The maximum Gasteiger partial charge on any atom is 0.158 e. The number of nitriles is 1. The van der Waals surface area contributed by atoms with Crippen LogP contribution < -0.4 is 5.32 Å². The van der Waals surface area contributed by atoms with Gasteiger partial charge in [-0.15, -0.1) is 0 Å². The molecule has 0 amide bonds. The van der Waals surface area contributed by atoms with Gasteiger partial charge in [-0.1, -0.05) is 0 Å². The molecule has 1 N–H and O–H groups in total. The molecule has 6 nitrogen and oxygen atoms in total. The SMILES string of the molecule is N#Cc1cnc(Nc2cncnc2)cn1. The van der Waals surface area contributed by atoms with E-state index in [2.05, 4.69) is 25.3 Å². The molecule has 0 unspecified atom stereocenters. The van der Waals surface area contributed by atoms with E-state index in [1.54, 1.807) is 12.4 Å². The number of aromatic nitrogens is 4. The fourth-order valence-electron chi connectivity index (χ4n) is 0.962. The van der Waals surface area contributed by atoms with Crippen molar-refractivity contribution in [1.82, 2.24) is 19.9 Å². The van der Waals surface area contributed by atoms with Crippen molar-refractivity contribution in [3.05, 3.63) is 36.8 Å². The van der Waals surface area contributed by atoms with E-state index in [1.807, 2.05) is 6.07 Å². The van der Waals surface area contributed by atoms with Crippen LogP contribution in [0.25, 0.3) is 0 Å². The van der Waals surface area contributed by atoms with Crippen molar-refractivity contribution in [1.29, 1.82) is 5.26 Å². The molecule has 0 spiro atoms. The molecule has 0 saturated heterocycles. The first-order valence-electron chi connectivity index (χ1n) is 4.12. The Morgan fingerprint density at radius 1 is 1.07 bits per heavy atom. The second-order valence-electron chi connectivity index (χ2n) is 2.65. The highest BCUT2D eigenvalue weighted by Crippen LogP contribution is 2.09. The lowest BCUT2D eigenvalue weighted by molar-refractivity contribution is 1.14. The van der Waals surface area contributed by atoms with Crippen molar-refractivity contribution < 1.29 is 0 Å². The van der Waals surface area contributed by atoms with Gasteiger partial charge in [0.1, 0.15) is 18.2 Å². The first-order chi connectivity index (χ1) is 7.38. The first kappa shape index (κ1) is 9.02. The number of hydrogen-bond acceptors (Lipinski definition) is 6. The molecule has 2 aromatic heterocycles. The van der Waals surface area contributed by atoms with Crippen molar-refractivity contribution in [2.24, 2.45) is 0 Å². The van der Waals surface area contributed by atoms with Crippen LogP contribution in [-0.4, -0.2) is 19.9 Å². The minimum absolute atomic E-state index is 0.282. The molecule has 72 valence electrons. The lowest BCUT2D eigenvalue weighted by atomic mass is 10.5. The maximum atomic E-state index is 8.53. The van der Waals surface area contributed by atoms with E-state index >= 15 is 0 Å². The molecule has 0 aliphatic rings. The minimum atomic E-state index is 0.282. The van der Waals surface area contributed by atoms with Crippen LogP contribution in [-0.2, 0) is 0 Å². The van der Waals surface area contributed by atoms with E-state index in [0.717, 1.165) is 5.69 Å². The van der Waals surface area contributed by atoms with E-state index in [4.69, 9.17) is 5.26 Å². The Morgan fingerprint density at radius 2 is 1.87 bits per heavy atom.